The topological polar surface area (TPSA) is 41.6 Å². The summed E-state index contributed by atoms with van der Waals surface area (Å²) < 4.78 is 3.10. The van der Waals surface area contributed by atoms with Crippen LogP contribution in [-0.4, -0.2) is 9.55 Å². The van der Waals surface area contributed by atoms with Crippen LogP contribution >= 0.6 is 27.5 Å². The number of fused-ring (bicyclic) bond motifs is 1. The van der Waals surface area contributed by atoms with Crippen LogP contribution in [0, 0.1) is 11.3 Å². The van der Waals surface area contributed by atoms with Crippen LogP contribution in [0.1, 0.15) is 17.0 Å². The minimum absolute atomic E-state index is 0.338. The second kappa shape index (κ2) is 5.88. The zero-order valence-corrected chi connectivity index (χ0v) is 13.4. The third-order valence-corrected chi connectivity index (χ3v) is 4.04. The molecular weight excluding hydrogens is 350 g/mol. The van der Waals surface area contributed by atoms with Crippen LogP contribution in [0.5, 0.6) is 0 Å². The van der Waals surface area contributed by atoms with E-state index in [2.05, 4.69) is 43.7 Å². The van der Waals surface area contributed by atoms with Crippen LogP contribution in [0.2, 0.25) is 0 Å². The van der Waals surface area contributed by atoms with Crippen LogP contribution in [0.4, 0.5) is 0 Å². The predicted molar refractivity (Wildman–Crippen MR) is 87.2 cm³/mol. The lowest BCUT2D eigenvalue weighted by molar-refractivity contribution is 0.778. The monoisotopic (exact) mass is 359 g/mol. The maximum atomic E-state index is 9.07. The largest absolute Gasteiger partial charge is 0.322 e. The molecule has 0 spiro atoms. The van der Waals surface area contributed by atoms with E-state index in [1.807, 2.05) is 24.3 Å². The summed E-state index contributed by atoms with van der Waals surface area (Å²) in [6.45, 7) is 0.673. The van der Waals surface area contributed by atoms with Crippen molar-refractivity contribution >= 4 is 38.6 Å². The molecule has 0 unspecified atom stereocenters. The Balaban J connectivity index is 2.13. The van der Waals surface area contributed by atoms with Gasteiger partial charge in [0.25, 0.3) is 0 Å². The molecule has 0 amide bonds. The Morgan fingerprint density at radius 1 is 1.24 bits per heavy atom. The molecule has 0 aliphatic heterocycles. The summed E-state index contributed by atoms with van der Waals surface area (Å²) in [5.41, 5.74) is 3.57. The van der Waals surface area contributed by atoms with Gasteiger partial charge in [0.15, 0.2) is 0 Å². The van der Waals surface area contributed by atoms with Crippen LogP contribution in [0.25, 0.3) is 11.0 Å². The van der Waals surface area contributed by atoms with E-state index in [0.717, 1.165) is 26.9 Å². The van der Waals surface area contributed by atoms with Gasteiger partial charge in [0.05, 0.1) is 28.5 Å². The summed E-state index contributed by atoms with van der Waals surface area (Å²) in [5, 5.41) is 9.07. The fourth-order valence-corrected chi connectivity index (χ4v) is 2.99. The number of nitriles is 1. The molecule has 0 saturated heterocycles. The predicted octanol–water partition coefficient (Wildman–Crippen LogP) is 4.46. The summed E-state index contributed by atoms with van der Waals surface area (Å²) >= 11 is 9.50. The summed E-state index contributed by atoms with van der Waals surface area (Å²) in [6, 6.07) is 15.8. The smallest absolute Gasteiger partial charge is 0.125 e. The number of rotatable bonds is 3. The van der Waals surface area contributed by atoms with Gasteiger partial charge in [-0.3, -0.25) is 0 Å². The molecule has 3 rings (SSSR count). The van der Waals surface area contributed by atoms with Crippen molar-refractivity contribution in [1.82, 2.24) is 9.55 Å². The van der Waals surface area contributed by atoms with E-state index in [4.69, 9.17) is 16.9 Å². The van der Waals surface area contributed by atoms with Crippen LogP contribution in [0.3, 0.4) is 0 Å². The molecule has 1 heterocycles. The summed E-state index contributed by atoms with van der Waals surface area (Å²) in [5.74, 6) is 1.15. The third-order valence-electron chi connectivity index (χ3n) is 3.31. The van der Waals surface area contributed by atoms with Crippen molar-refractivity contribution in [3.8, 4) is 6.07 Å². The third kappa shape index (κ3) is 2.80. The first-order chi connectivity index (χ1) is 10.2. The molecule has 0 saturated carbocycles. The van der Waals surface area contributed by atoms with Gasteiger partial charge in [0, 0.05) is 11.0 Å². The first-order valence-corrected chi connectivity index (χ1v) is 7.73. The zero-order valence-electron chi connectivity index (χ0n) is 11.1. The summed E-state index contributed by atoms with van der Waals surface area (Å²) in [4.78, 5) is 4.54. The van der Waals surface area contributed by atoms with Crippen molar-refractivity contribution in [3.05, 3.63) is 63.9 Å². The van der Waals surface area contributed by atoms with Gasteiger partial charge < -0.3 is 4.57 Å². The van der Waals surface area contributed by atoms with Gasteiger partial charge in [0.2, 0.25) is 0 Å². The number of hydrogen-bond donors (Lipinski definition) is 0. The number of benzene rings is 2. The average Bonchev–Trinajstić information content (AvgIpc) is 2.84. The summed E-state index contributed by atoms with van der Waals surface area (Å²) in [6.07, 6.45) is 0. The lowest BCUT2D eigenvalue weighted by atomic mass is 10.2. The van der Waals surface area contributed by atoms with E-state index in [1.54, 1.807) is 6.07 Å². The molecule has 0 fully saturated rings. The van der Waals surface area contributed by atoms with Crippen LogP contribution in [-0.2, 0) is 12.4 Å². The molecule has 0 bridgehead atoms. The Morgan fingerprint density at radius 2 is 2.10 bits per heavy atom. The number of alkyl halides is 1. The van der Waals surface area contributed by atoms with Crippen molar-refractivity contribution in [1.29, 1.82) is 5.26 Å². The van der Waals surface area contributed by atoms with Gasteiger partial charge in [-0.25, -0.2) is 4.98 Å². The second-order valence-electron chi connectivity index (χ2n) is 4.69. The van der Waals surface area contributed by atoms with E-state index in [0.29, 0.717) is 18.0 Å². The Morgan fingerprint density at radius 3 is 2.81 bits per heavy atom. The van der Waals surface area contributed by atoms with Crippen molar-refractivity contribution in [2.75, 3.05) is 0 Å². The molecule has 0 aliphatic rings. The second-order valence-corrected chi connectivity index (χ2v) is 5.88. The van der Waals surface area contributed by atoms with E-state index in [-0.39, 0.29) is 0 Å². The lowest BCUT2D eigenvalue weighted by Crippen LogP contribution is -2.03. The summed E-state index contributed by atoms with van der Waals surface area (Å²) in [7, 11) is 0. The van der Waals surface area contributed by atoms with Crippen molar-refractivity contribution in [3.63, 3.8) is 0 Å². The number of halogens is 2. The van der Waals surface area contributed by atoms with E-state index in [9.17, 15) is 0 Å². The van der Waals surface area contributed by atoms with Gasteiger partial charge in [0.1, 0.15) is 5.82 Å². The normalized spacial score (nSPS) is 10.7. The van der Waals surface area contributed by atoms with Gasteiger partial charge in [-0.05, 0) is 35.9 Å². The highest BCUT2D eigenvalue weighted by molar-refractivity contribution is 9.10. The Kier molecular flexibility index (Phi) is 3.96. The van der Waals surface area contributed by atoms with Crippen molar-refractivity contribution < 1.29 is 0 Å². The van der Waals surface area contributed by atoms with Gasteiger partial charge in [-0.15, -0.1) is 11.6 Å². The lowest BCUT2D eigenvalue weighted by Gasteiger charge is -2.08. The number of imidazole rings is 1. The first kappa shape index (κ1) is 14.1. The quantitative estimate of drug-likeness (QED) is 0.647. The molecule has 0 N–H and O–H groups in total. The average molecular weight is 361 g/mol. The highest BCUT2D eigenvalue weighted by Gasteiger charge is 2.11. The van der Waals surface area contributed by atoms with Gasteiger partial charge >= 0.3 is 0 Å². The molecule has 0 aliphatic carbocycles. The number of nitrogens with zero attached hydrogens (tertiary/aromatic N) is 3. The molecule has 0 atom stereocenters. The molecule has 104 valence electrons. The van der Waals surface area contributed by atoms with E-state index < -0.39 is 0 Å². The Labute approximate surface area is 135 Å². The fourth-order valence-electron chi connectivity index (χ4n) is 2.34. The molecular formula is C16H11BrClN3. The van der Waals surface area contributed by atoms with E-state index >= 15 is 0 Å². The Bertz CT molecular complexity index is 848. The molecule has 3 aromatic rings. The standard InChI is InChI=1S/C16H11BrClN3/c17-13-3-1-2-12(6-13)10-21-15-7-11(9-19)4-5-14(15)20-16(21)8-18/h1-7H,8,10H2. The maximum absolute atomic E-state index is 9.07. The zero-order chi connectivity index (χ0) is 14.8. The highest BCUT2D eigenvalue weighted by atomic mass is 79.9. The van der Waals surface area contributed by atoms with Gasteiger partial charge in [-0.1, -0.05) is 28.1 Å². The first-order valence-electron chi connectivity index (χ1n) is 6.41. The highest BCUT2D eigenvalue weighted by Crippen LogP contribution is 2.21. The molecule has 5 heteroatoms. The van der Waals surface area contributed by atoms with Gasteiger partial charge in [-0.2, -0.15) is 5.26 Å². The molecule has 2 aromatic carbocycles. The maximum Gasteiger partial charge on any atom is 0.125 e. The molecule has 3 nitrogen and oxygen atoms in total. The Hall–Kier alpha value is -1.83. The minimum atomic E-state index is 0.338. The van der Waals surface area contributed by atoms with Crippen molar-refractivity contribution in [2.45, 2.75) is 12.4 Å². The number of aromatic nitrogens is 2. The fraction of sp³-hybridized carbons (Fsp3) is 0.125. The minimum Gasteiger partial charge on any atom is -0.322 e. The number of hydrogen-bond acceptors (Lipinski definition) is 2. The molecule has 0 radical (unpaired) electrons. The van der Waals surface area contributed by atoms with Crippen molar-refractivity contribution in [2.24, 2.45) is 0 Å². The SMILES string of the molecule is N#Cc1ccc2nc(CCl)n(Cc3cccc(Br)c3)c2c1. The van der Waals surface area contributed by atoms with Crippen LogP contribution in [0.15, 0.2) is 46.9 Å². The molecule has 21 heavy (non-hydrogen) atoms. The van der Waals surface area contributed by atoms with E-state index in [1.165, 1.54) is 0 Å². The van der Waals surface area contributed by atoms with Crippen LogP contribution < -0.4 is 0 Å². The molecule has 1 aromatic heterocycles.